The number of aryl methyl sites for hydroxylation is 1. The monoisotopic (exact) mass is 491 g/mol. The zero-order chi connectivity index (χ0) is 25.5. The molecule has 1 amide bonds. The van der Waals surface area contributed by atoms with Crippen molar-refractivity contribution in [1.29, 1.82) is 0 Å². The maximum Gasteiger partial charge on any atom is 0.224 e. The minimum atomic E-state index is 0.124. The smallest absolute Gasteiger partial charge is 0.224 e. The van der Waals surface area contributed by atoms with E-state index in [1.54, 1.807) is 6.92 Å². The SMILES string of the molecule is CC(=O)N1c2ccc(-c3cnn(Cc4ccccc4)c3)cc2[C@H](Cc2nccc(C)n2)[C@@H](C)[C@@H]1C1CC1. The molecule has 6 heteroatoms. The highest BCUT2D eigenvalue weighted by Gasteiger charge is 2.47. The zero-order valence-corrected chi connectivity index (χ0v) is 21.7. The Balaban J connectivity index is 1.39. The van der Waals surface area contributed by atoms with Gasteiger partial charge in [-0.2, -0.15) is 5.10 Å². The Kier molecular flexibility index (Phi) is 6.11. The molecule has 37 heavy (non-hydrogen) atoms. The van der Waals surface area contributed by atoms with Gasteiger partial charge in [0.1, 0.15) is 5.82 Å². The lowest BCUT2D eigenvalue weighted by atomic mass is 9.73. The standard InChI is InChI=1S/C31H33N5O/c1-20-13-14-32-30(34-20)16-27-21(2)31(24-9-10-24)36(22(3)37)29-12-11-25(15-28(27)29)26-17-33-35(19-26)18-23-7-5-4-6-8-23/h4-8,11-15,17,19,21,24,27,31H,9-10,16,18H2,1-3H3/t21-,27-,31-/m1/s1. The van der Waals surface area contributed by atoms with Crippen molar-refractivity contribution in [3.63, 3.8) is 0 Å². The van der Waals surface area contributed by atoms with Crippen LogP contribution in [0.15, 0.2) is 73.2 Å². The molecule has 0 unspecified atom stereocenters. The molecule has 1 aliphatic heterocycles. The Morgan fingerprint density at radius 1 is 1.05 bits per heavy atom. The Hall–Kier alpha value is -3.80. The molecule has 0 radical (unpaired) electrons. The van der Waals surface area contributed by atoms with Crippen LogP contribution in [0.25, 0.3) is 11.1 Å². The highest BCUT2D eigenvalue weighted by atomic mass is 16.2. The van der Waals surface area contributed by atoms with Crippen molar-refractivity contribution in [2.75, 3.05) is 4.90 Å². The molecule has 1 aliphatic carbocycles. The molecule has 6 nitrogen and oxygen atoms in total. The van der Waals surface area contributed by atoms with Crippen molar-refractivity contribution < 1.29 is 4.79 Å². The van der Waals surface area contributed by atoms with Crippen LogP contribution in [0.2, 0.25) is 0 Å². The van der Waals surface area contributed by atoms with Crippen LogP contribution in [0.1, 0.15) is 55.3 Å². The van der Waals surface area contributed by atoms with Crippen molar-refractivity contribution in [1.82, 2.24) is 19.7 Å². The summed E-state index contributed by atoms with van der Waals surface area (Å²) < 4.78 is 1.98. The largest absolute Gasteiger partial charge is 0.309 e. The molecule has 0 saturated heterocycles. The lowest BCUT2D eigenvalue weighted by Gasteiger charge is -2.45. The summed E-state index contributed by atoms with van der Waals surface area (Å²) in [5.74, 6) is 2.11. The van der Waals surface area contributed by atoms with E-state index in [0.29, 0.717) is 11.8 Å². The minimum absolute atomic E-state index is 0.124. The second kappa shape index (κ2) is 9.58. The first-order valence-corrected chi connectivity index (χ1v) is 13.3. The van der Waals surface area contributed by atoms with Gasteiger partial charge in [0.2, 0.25) is 5.91 Å². The summed E-state index contributed by atoms with van der Waals surface area (Å²) >= 11 is 0. The number of nitrogens with zero attached hydrogens (tertiary/aromatic N) is 5. The highest BCUT2D eigenvalue weighted by Crippen LogP contribution is 2.51. The fourth-order valence-electron chi connectivity index (χ4n) is 6.09. The number of benzene rings is 2. The lowest BCUT2D eigenvalue weighted by molar-refractivity contribution is -0.117. The minimum Gasteiger partial charge on any atom is -0.309 e. The van der Waals surface area contributed by atoms with Gasteiger partial charge in [0.15, 0.2) is 0 Å². The molecule has 4 aromatic rings. The molecular weight excluding hydrogens is 458 g/mol. The van der Waals surface area contributed by atoms with E-state index in [2.05, 4.69) is 70.6 Å². The maximum absolute atomic E-state index is 13.0. The normalized spacial score (nSPS) is 21.1. The molecule has 3 heterocycles. The lowest BCUT2D eigenvalue weighted by Crippen LogP contribution is -2.50. The maximum atomic E-state index is 13.0. The quantitative estimate of drug-likeness (QED) is 0.342. The molecule has 1 fully saturated rings. The predicted molar refractivity (Wildman–Crippen MR) is 145 cm³/mol. The predicted octanol–water partition coefficient (Wildman–Crippen LogP) is 5.80. The molecule has 0 N–H and O–H groups in total. The van der Waals surface area contributed by atoms with Crippen molar-refractivity contribution in [3.8, 4) is 11.1 Å². The van der Waals surface area contributed by atoms with E-state index < -0.39 is 0 Å². The van der Waals surface area contributed by atoms with Gasteiger partial charge in [0, 0.05) is 48.7 Å². The summed E-state index contributed by atoms with van der Waals surface area (Å²) in [6.07, 6.45) is 9.05. The van der Waals surface area contributed by atoms with Gasteiger partial charge in [-0.25, -0.2) is 9.97 Å². The summed E-state index contributed by atoms with van der Waals surface area (Å²) in [7, 11) is 0. The summed E-state index contributed by atoms with van der Waals surface area (Å²) in [5.41, 5.74) is 6.65. The van der Waals surface area contributed by atoms with Gasteiger partial charge in [-0.05, 0) is 72.4 Å². The van der Waals surface area contributed by atoms with Gasteiger partial charge < -0.3 is 4.90 Å². The summed E-state index contributed by atoms with van der Waals surface area (Å²) in [4.78, 5) is 24.4. The Morgan fingerprint density at radius 3 is 2.59 bits per heavy atom. The zero-order valence-electron chi connectivity index (χ0n) is 21.7. The number of fused-ring (bicyclic) bond motifs is 1. The summed E-state index contributed by atoms with van der Waals surface area (Å²) in [6, 6.07) is 19.1. The number of rotatable bonds is 6. The third kappa shape index (κ3) is 4.68. The van der Waals surface area contributed by atoms with E-state index >= 15 is 0 Å². The molecule has 0 bridgehead atoms. The van der Waals surface area contributed by atoms with E-state index in [4.69, 9.17) is 4.98 Å². The molecule has 0 spiro atoms. The third-order valence-corrected chi connectivity index (χ3v) is 8.00. The topological polar surface area (TPSA) is 63.9 Å². The Morgan fingerprint density at radius 2 is 1.86 bits per heavy atom. The van der Waals surface area contributed by atoms with E-state index in [1.165, 1.54) is 24.0 Å². The second-order valence-electron chi connectivity index (χ2n) is 10.7. The van der Waals surface area contributed by atoms with Gasteiger partial charge in [-0.3, -0.25) is 9.48 Å². The van der Waals surface area contributed by atoms with Crippen molar-refractivity contribution >= 4 is 11.6 Å². The third-order valence-electron chi connectivity index (χ3n) is 8.00. The Bertz CT molecular complexity index is 1420. The molecule has 3 atom stereocenters. The number of hydrogen-bond donors (Lipinski definition) is 0. The van der Waals surface area contributed by atoms with Crippen LogP contribution < -0.4 is 4.90 Å². The average Bonchev–Trinajstić information content (AvgIpc) is 3.63. The van der Waals surface area contributed by atoms with Gasteiger partial charge >= 0.3 is 0 Å². The molecule has 6 rings (SSSR count). The number of aromatic nitrogens is 4. The second-order valence-corrected chi connectivity index (χ2v) is 10.7. The molecule has 2 aliphatic rings. The number of carbonyl (C=O) groups excluding carboxylic acids is 1. The van der Waals surface area contributed by atoms with Crippen LogP contribution in [0.3, 0.4) is 0 Å². The van der Waals surface area contributed by atoms with Crippen molar-refractivity contribution in [2.24, 2.45) is 11.8 Å². The van der Waals surface area contributed by atoms with Crippen LogP contribution in [0.5, 0.6) is 0 Å². The van der Waals surface area contributed by atoms with Gasteiger partial charge in [0.05, 0.1) is 12.7 Å². The van der Waals surface area contributed by atoms with E-state index in [1.807, 2.05) is 36.1 Å². The molecule has 1 saturated carbocycles. The molecule has 2 aromatic carbocycles. The number of hydrogen-bond acceptors (Lipinski definition) is 4. The first kappa shape index (κ1) is 23.6. The van der Waals surface area contributed by atoms with E-state index in [-0.39, 0.29) is 17.9 Å². The number of anilines is 1. The van der Waals surface area contributed by atoms with Gasteiger partial charge in [-0.15, -0.1) is 0 Å². The van der Waals surface area contributed by atoms with Gasteiger partial charge in [0.25, 0.3) is 0 Å². The van der Waals surface area contributed by atoms with Crippen molar-refractivity contribution in [3.05, 3.63) is 95.8 Å². The van der Waals surface area contributed by atoms with Crippen LogP contribution in [-0.4, -0.2) is 31.7 Å². The average molecular weight is 492 g/mol. The van der Waals surface area contributed by atoms with Crippen molar-refractivity contribution in [2.45, 2.75) is 58.5 Å². The molecular formula is C31H33N5O. The van der Waals surface area contributed by atoms with Gasteiger partial charge in [-0.1, -0.05) is 43.3 Å². The van der Waals surface area contributed by atoms with E-state index in [9.17, 15) is 4.79 Å². The Labute approximate surface area is 218 Å². The number of amides is 1. The van der Waals surface area contributed by atoms with Crippen LogP contribution in [-0.2, 0) is 17.8 Å². The van der Waals surface area contributed by atoms with Crippen LogP contribution in [0.4, 0.5) is 5.69 Å². The summed E-state index contributed by atoms with van der Waals surface area (Å²) in [6.45, 7) is 6.76. The fraction of sp³-hybridized carbons (Fsp3) is 0.355. The molecule has 188 valence electrons. The number of carbonyl (C=O) groups is 1. The molecule has 2 aromatic heterocycles. The summed E-state index contributed by atoms with van der Waals surface area (Å²) in [5, 5.41) is 4.63. The first-order valence-electron chi connectivity index (χ1n) is 13.3. The fourth-order valence-corrected chi connectivity index (χ4v) is 6.09. The first-order chi connectivity index (χ1) is 18.0. The van der Waals surface area contributed by atoms with Crippen LogP contribution >= 0.6 is 0 Å². The van der Waals surface area contributed by atoms with E-state index in [0.717, 1.165) is 41.3 Å². The van der Waals surface area contributed by atoms with Crippen LogP contribution in [0, 0.1) is 18.8 Å². The highest BCUT2D eigenvalue weighted by molar-refractivity contribution is 5.94.